The zero-order chi connectivity index (χ0) is 11.3. The van der Waals surface area contributed by atoms with Crippen LogP contribution in [0.2, 0.25) is 0 Å². The van der Waals surface area contributed by atoms with Gasteiger partial charge in [0.25, 0.3) is 0 Å². The molecular formula is C9H16N2O2S2. The van der Waals surface area contributed by atoms with E-state index in [1.807, 2.05) is 16.8 Å². The second-order valence-corrected chi connectivity index (χ2v) is 6.66. The van der Waals surface area contributed by atoms with Crippen LogP contribution in [-0.2, 0) is 16.3 Å². The Hall–Kier alpha value is -0.430. The highest BCUT2D eigenvalue weighted by Gasteiger charge is 2.11. The number of thiophene rings is 1. The highest BCUT2D eigenvalue weighted by atomic mass is 32.2. The molecule has 4 nitrogen and oxygen atoms in total. The lowest BCUT2D eigenvalue weighted by Crippen LogP contribution is -2.38. The Morgan fingerprint density at radius 1 is 1.60 bits per heavy atom. The van der Waals surface area contributed by atoms with Crippen molar-refractivity contribution >= 4 is 21.2 Å². The van der Waals surface area contributed by atoms with Gasteiger partial charge in [-0.05, 0) is 35.2 Å². The lowest BCUT2D eigenvalue weighted by molar-refractivity contribution is 0.507. The summed E-state index contributed by atoms with van der Waals surface area (Å²) in [5.74, 6) is 5.55. The van der Waals surface area contributed by atoms with Crippen LogP contribution in [0, 0.1) is 0 Å². The first kappa shape index (κ1) is 12.6. The summed E-state index contributed by atoms with van der Waals surface area (Å²) in [4.78, 5) is 0. The van der Waals surface area contributed by atoms with Gasteiger partial charge in [-0.25, -0.2) is 8.42 Å². The highest BCUT2D eigenvalue weighted by Crippen LogP contribution is 2.10. The summed E-state index contributed by atoms with van der Waals surface area (Å²) in [6.07, 6.45) is 2.56. The first-order valence-electron chi connectivity index (χ1n) is 4.66. The molecule has 3 N–H and O–H groups in total. The van der Waals surface area contributed by atoms with Gasteiger partial charge in [-0.1, -0.05) is 0 Å². The summed E-state index contributed by atoms with van der Waals surface area (Å²) in [5, 5.41) is 4.05. The normalized spacial score (nSPS) is 14.0. The lowest BCUT2D eigenvalue weighted by atomic mass is 10.1. The molecule has 6 heteroatoms. The lowest BCUT2D eigenvalue weighted by Gasteiger charge is -2.14. The fourth-order valence-electron chi connectivity index (χ4n) is 1.29. The van der Waals surface area contributed by atoms with E-state index in [2.05, 4.69) is 5.43 Å². The van der Waals surface area contributed by atoms with E-state index in [1.165, 1.54) is 11.8 Å². The fraction of sp³-hybridized carbons (Fsp3) is 0.556. The first-order chi connectivity index (χ1) is 7.01. The van der Waals surface area contributed by atoms with Crippen LogP contribution in [0.1, 0.15) is 12.0 Å². The summed E-state index contributed by atoms with van der Waals surface area (Å²) in [5.41, 5.74) is 3.84. The number of hydrogen-bond donors (Lipinski definition) is 2. The van der Waals surface area contributed by atoms with Crippen molar-refractivity contribution in [2.24, 2.45) is 5.84 Å². The highest BCUT2D eigenvalue weighted by molar-refractivity contribution is 7.90. The van der Waals surface area contributed by atoms with Crippen molar-refractivity contribution in [1.29, 1.82) is 0 Å². The van der Waals surface area contributed by atoms with Crippen molar-refractivity contribution < 1.29 is 8.42 Å². The van der Waals surface area contributed by atoms with Gasteiger partial charge in [0.05, 0.1) is 5.75 Å². The number of hydrazine groups is 1. The molecule has 1 heterocycles. The first-order valence-corrected chi connectivity index (χ1v) is 7.66. The van der Waals surface area contributed by atoms with Gasteiger partial charge in [0.2, 0.25) is 0 Å². The smallest absolute Gasteiger partial charge is 0.147 e. The van der Waals surface area contributed by atoms with E-state index in [-0.39, 0.29) is 11.8 Å². The maximum Gasteiger partial charge on any atom is 0.147 e. The van der Waals surface area contributed by atoms with Gasteiger partial charge in [0.15, 0.2) is 0 Å². The molecule has 0 amide bonds. The van der Waals surface area contributed by atoms with Crippen molar-refractivity contribution in [2.45, 2.75) is 18.9 Å². The summed E-state index contributed by atoms with van der Waals surface area (Å²) in [6, 6.07) is 2.05. The van der Waals surface area contributed by atoms with E-state index in [1.54, 1.807) is 11.3 Å². The average molecular weight is 248 g/mol. The summed E-state index contributed by atoms with van der Waals surface area (Å²) < 4.78 is 22.0. The number of sulfone groups is 1. The predicted octanol–water partition coefficient (Wildman–Crippen LogP) is 0.557. The van der Waals surface area contributed by atoms with Crippen LogP contribution in [0.4, 0.5) is 0 Å². The third-order valence-corrected chi connectivity index (χ3v) is 3.84. The Morgan fingerprint density at radius 3 is 2.80 bits per heavy atom. The molecule has 1 atom stereocenters. The predicted molar refractivity (Wildman–Crippen MR) is 63.5 cm³/mol. The average Bonchev–Trinajstić information content (AvgIpc) is 2.63. The van der Waals surface area contributed by atoms with Gasteiger partial charge in [0, 0.05) is 12.3 Å². The Bertz CT molecular complexity index is 373. The standard InChI is InChI=1S/C9H16N2O2S2/c1-15(12,13)5-3-9(11-10)6-8-2-4-14-7-8/h2,4,7,9,11H,3,5-6,10H2,1H3. The molecule has 0 aromatic carbocycles. The van der Waals surface area contributed by atoms with Crippen molar-refractivity contribution in [3.05, 3.63) is 22.4 Å². The van der Waals surface area contributed by atoms with Gasteiger partial charge >= 0.3 is 0 Å². The maximum absolute atomic E-state index is 11.0. The SMILES string of the molecule is CS(=O)(=O)CCC(Cc1ccsc1)NN. The quantitative estimate of drug-likeness (QED) is 0.570. The molecule has 1 unspecified atom stereocenters. The molecule has 0 spiro atoms. The van der Waals surface area contributed by atoms with E-state index in [4.69, 9.17) is 5.84 Å². The van der Waals surface area contributed by atoms with Crippen LogP contribution in [0.25, 0.3) is 0 Å². The third kappa shape index (κ3) is 5.27. The molecule has 0 aliphatic carbocycles. The Balaban J connectivity index is 2.43. The Morgan fingerprint density at radius 2 is 2.33 bits per heavy atom. The summed E-state index contributed by atoms with van der Waals surface area (Å²) in [6.45, 7) is 0. The van der Waals surface area contributed by atoms with Crippen LogP contribution < -0.4 is 11.3 Å². The van der Waals surface area contributed by atoms with Crippen LogP contribution in [0.5, 0.6) is 0 Å². The molecule has 1 rings (SSSR count). The zero-order valence-corrected chi connectivity index (χ0v) is 10.3. The van der Waals surface area contributed by atoms with Crippen molar-refractivity contribution in [1.82, 2.24) is 5.43 Å². The molecule has 15 heavy (non-hydrogen) atoms. The number of nitrogens with one attached hydrogen (secondary N) is 1. The molecule has 0 saturated heterocycles. The van der Waals surface area contributed by atoms with Gasteiger partial charge in [0.1, 0.15) is 9.84 Å². The second-order valence-electron chi connectivity index (χ2n) is 3.62. The third-order valence-electron chi connectivity index (χ3n) is 2.14. The zero-order valence-electron chi connectivity index (χ0n) is 8.64. The number of rotatable bonds is 6. The van der Waals surface area contributed by atoms with Gasteiger partial charge in [-0.3, -0.25) is 11.3 Å². The minimum absolute atomic E-state index is 0.0225. The van der Waals surface area contributed by atoms with E-state index < -0.39 is 9.84 Å². The summed E-state index contributed by atoms with van der Waals surface area (Å²) in [7, 11) is -2.90. The van der Waals surface area contributed by atoms with Crippen LogP contribution in [-0.4, -0.2) is 26.5 Å². The van der Waals surface area contributed by atoms with E-state index >= 15 is 0 Å². The Labute approximate surface area is 94.4 Å². The van der Waals surface area contributed by atoms with Crippen LogP contribution in [0.3, 0.4) is 0 Å². The molecule has 0 aliphatic rings. The molecule has 86 valence electrons. The number of hydrogen-bond acceptors (Lipinski definition) is 5. The van der Waals surface area contributed by atoms with Crippen LogP contribution in [0.15, 0.2) is 16.8 Å². The molecule has 0 aliphatic heterocycles. The molecule has 0 radical (unpaired) electrons. The van der Waals surface area contributed by atoms with E-state index in [0.29, 0.717) is 6.42 Å². The monoisotopic (exact) mass is 248 g/mol. The molecule has 1 aromatic rings. The minimum atomic E-state index is -2.90. The Kier molecular flexibility index (Phi) is 4.72. The second kappa shape index (κ2) is 5.60. The van der Waals surface area contributed by atoms with Gasteiger partial charge in [-0.2, -0.15) is 11.3 Å². The number of nitrogens with two attached hydrogens (primary N) is 1. The van der Waals surface area contributed by atoms with Crippen LogP contribution >= 0.6 is 11.3 Å². The van der Waals surface area contributed by atoms with Crippen molar-refractivity contribution in [3.8, 4) is 0 Å². The molecule has 1 aromatic heterocycles. The molecule has 0 fully saturated rings. The van der Waals surface area contributed by atoms with E-state index in [0.717, 1.165) is 6.42 Å². The molecule has 0 bridgehead atoms. The maximum atomic E-state index is 11.0. The minimum Gasteiger partial charge on any atom is -0.271 e. The largest absolute Gasteiger partial charge is 0.271 e. The van der Waals surface area contributed by atoms with Gasteiger partial charge in [-0.15, -0.1) is 0 Å². The van der Waals surface area contributed by atoms with Crippen molar-refractivity contribution in [3.63, 3.8) is 0 Å². The summed E-state index contributed by atoms with van der Waals surface area (Å²) >= 11 is 1.63. The molecule has 0 saturated carbocycles. The fourth-order valence-corrected chi connectivity index (χ4v) is 2.69. The van der Waals surface area contributed by atoms with E-state index in [9.17, 15) is 8.42 Å². The topological polar surface area (TPSA) is 72.2 Å². The van der Waals surface area contributed by atoms with Crippen molar-refractivity contribution in [2.75, 3.05) is 12.0 Å². The molecular weight excluding hydrogens is 232 g/mol. The van der Waals surface area contributed by atoms with Gasteiger partial charge < -0.3 is 0 Å².